The number of likely N-dealkylation sites (N-methyl/N-ethyl adjacent to an activating group) is 1. The molecule has 0 spiro atoms. The number of likely N-dealkylation sites (tertiary alicyclic amines) is 1. The number of nitrogens with zero attached hydrogens (tertiary/aromatic N) is 3. The lowest BCUT2D eigenvalue weighted by Crippen LogP contribution is -2.28. The summed E-state index contributed by atoms with van der Waals surface area (Å²) >= 11 is 6.26. The average molecular weight is 366 g/mol. The molecule has 4 rings (SSSR count). The summed E-state index contributed by atoms with van der Waals surface area (Å²) in [7, 11) is 1.79. The molecule has 0 aliphatic carbocycles. The van der Waals surface area contributed by atoms with Crippen molar-refractivity contribution in [3.8, 4) is 0 Å². The second-order valence-corrected chi connectivity index (χ2v) is 7.05. The van der Waals surface area contributed by atoms with Crippen molar-refractivity contribution in [1.29, 1.82) is 0 Å². The zero-order valence-corrected chi connectivity index (χ0v) is 15.4. The number of carbonyl (C=O) groups is 1. The lowest BCUT2D eigenvalue weighted by Gasteiger charge is -2.19. The smallest absolute Gasteiger partial charge is 0.278 e. The molecule has 2 aliphatic heterocycles. The van der Waals surface area contributed by atoms with Crippen molar-refractivity contribution in [1.82, 2.24) is 4.90 Å². The van der Waals surface area contributed by atoms with Crippen LogP contribution in [0.15, 0.2) is 65.4 Å². The van der Waals surface area contributed by atoms with E-state index in [2.05, 4.69) is 4.90 Å². The standard InChI is InChI=1S/C21H20ClN3O/c1-24-19-10-9-16(22)13-17(19)20(15-7-3-2-4-8-15)23-18(21(24)26)14-25-11-5-6-12-25/h2-4,7-10,13-14H,5-6,11-12H2,1H3/b18-14+. The van der Waals surface area contributed by atoms with Gasteiger partial charge >= 0.3 is 0 Å². The summed E-state index contributed by atoms with van der Waals surface area (Å²) < 4.78 is 0. The van der Waals surface area contributed by atoms with Crippen LogP contribution in [0, 0.1) is 0 Å². The van der Waals surface area contributed by atoms with Crippen LogP contribution in [-0.4, -0.2) is 36.7 Å². The number of anilines is 1. The van der Waals surface area contributed by atoms with Gasteiger partial charge < -0.3 is 9.80 Å². The maximum Gasteiger partial charge on any atom is 0.278 e. The van der Waals surface area contributed by atoms with Crippen LogP contribution in [0.1, 0.15) is 24.0 Å². The Labute approximate surface area is 158 Å². The summed E-state index contributed by atoms with van der Waals surface area (Å²) in [5.74, 6) is -0.105. The summed E-state index contributed by atoms with van der Waals surface area (Å²) in [6.45, 7) is 1.94. The van der Waals surface area contributed by atoms with E-state index in [0.717, 1.165) is 48.5 Å². The van der Waals surface area contributed by atoms with E-state index in [1.165, 1.54) is 0 Å². The molecule has 0 radical (unpaired) electrons. The van der Waals surface area contributed by atoms with Gasteiger partial charge in [0, 0.05) is 42.5 Å². The second kappa shape index (κ2) is 6.96. The third-order valence-corrected chi connectivity index (χ3v) is 5.06. The van der Waals surface area contributed by atoms with E-state index in [1.54, 1.807) is 11.9 Å². The van der Waals surface area contributed by atoms with Gasteiger partial charge in [0.2, 0.25) is 0 Å². The molecule has 0 saturated carbocycles. The SMILES string of the molecule is CN1C(=O)/C(=C\N2CCCC2)N=C(c2ccccc2)c2cc(Cl)ccc21. The van der Waals surface area contributed by atoms with Crippen LogP contribution in [0.25, 0.3) is 0 Å². The minimum absolute atomic E-state index is 0.105. The van der Waals surface area contributed by atoms with Gasteiger partial charge in [-0.05, 0) is 31.0 Å². The number of rotatable bonds is 2. The minimum Gasteiger partial charge on any atom is -0.375 e. The van der Waals surface area contributed by atoms with Crippen LogP contribution >= 0.6 is 11.6 Å². The molecular weight excluding hydrogens is 346 g/mol. The van der Waals surface area contributed by atoms with Crippen molar-refractivity contribution < 1.29 is 4.79 Å². The molecule has 1 amide bonds. The molecule has 1 saturated heterocycles. The van der Waals surface area contributed by atoms with Gasteiger partial charge in [0.25, 0.3) is 5.91 Å². The lowest BCUT2D eigenvalue weighted by molar-refractivity contribution is -0.114. The van der Waals surface area contributed by atoms with Gasteiger partial charge in [0.1, 0.15) is 5.70 Å². The first-order chi connectivity index (χ1) is 12.6. The summed E-state index contributed by atoms with van der Waals surface area (Å²) in [6.07, 6.45) is 4.21. The van der Waals surface area contributed by atoms with Crippen molar-refractivity contribution in [2.24, 2.45) is 4.99 Å². The van der Waals surface area contributed by atoms with Gasteiger partial charge in [0.05, 0.1) is 11.4 Å². The Kier molecular flexibility index (Phi) is 4.51. The number of halogens is 1. The molecule has 132 valence electrons. The highest BCUT2D eigenvalue weighted by Crippen LogP contribution is 2.31. The fraction of sp³-hybridized carbons (Fsp3) is 0.238. The molecule has 2 aliphatic rings. The van der Waals surface area contributed by atoms with Gasteiger partial charge in [-0.15, -0.1) is 0 Å². The van der Waals surface area contributed by atoms with Crippen LogP contribution in [-0.2, 0) is 4.79 Å². The third kappa shape index (κ3) is 3.13. The number of hydrogen-bond donors (Lipinski definition) is 0. The number of carbonyl (C=O) groups excluding carboxylic acids is 1. The predicted octanol–water partition coefficient (Wildman–Crippen LogP) is 4.09. The summed E-state index contributed by atoms with van der Waals surface area (Å²) in [5.41, 5.74) is 3.87. The largest absolute Gasteiger partial charge is 0.375 e. The van der Waals surface area contributed by atoms with Gasteiger partial charge in [-0.1, -0.05) is 41.9 Å². The summed E-state index contributed by atoms with van der Waals surface area (Å²) in [6, 6.07) is 15.5. The van der Waals surface area contributed by atoms with E-state index in [9.17, 15) is 4.79 Å². The van der Waals surface area contributed by atoms with Gasteiger partial charge in [-0.2, -0.15) is 0 Å². The molecule has 2 aromatic carbocycles. The van der Waals surface area contributed by atoms with Crippen molar-refractivity contribution in [2.75, 3.05) is 25.0 Å². The first-order valence-corrected chi connectivity index (χ1v) is 9.19. The minimum atomic E-state index is -0.105. The maximum absolute atomic E-state index is 13.0. The first-order valence-electron chi connectivity index (χ1n) is 8.81. The number of hydrogen-bond acceptors (Lipinski definition) is 3. The molecule has 0 unspecified atom stereocenters. The predicted molar refractivity (Wildman–Crippen MR) is 106 cm³/mol. The highest BCUT2D eigenvalue weighted by Gasteiger charge is 2.27. The molecule has 2 heterocycles. The van der Waals surface area contributed by atoms with E-state index >= 15 is 0 Å². The fourth-order valence-electron chi connectivity index (χ4n) is 3.44. The van der Waals surface area contributed by atoms with Crippen molar-refractivity contribution in [3.05, 3.63) is 76.6 Å². The van der Waals surface area contributed by atoms with Crippen LogP contribution < -0.4 is 4.90 Å². The lowest BCUT2D eigenvalue weighted by atomic mass is 10.0. The van der Waals surface area contributed by atoms with Gasteiger partial charge in [-0.25, -0.2) is 4.99 Å². The third-order valence-electron chi connectivity index (χ3n) is 4.82. The van der Waals surface area contributed by atoms with Gasteiger partial charge in [-0.3, -0.25) is 4.79 Å². The Bertz CT molecular complexity index is 899. The summed E-state index contributed by atoms with van der Waals surface area (Å²) in [5, 5.41) is 0.625. The van der Waals surface area contributed by atoms with Crippen LogP contribution in [0.2, 0.25) is 5.02 Å². The Morgan fingerprint density at radius 1 is 1.08 bits per heavy atom. The number of amides is 1. The Balaban J connectivity index is 1.92. The van der Waals surface area contributed by atoms with Crippen molar-refractivity contribution >= 4 is 28.9 Å². The Morgan fingerprint density at radius 3 is 2.54 bits per heavy atom. The van der Waals surface area contributed by atoms with Crippen LogP contribution in [0.3, 0.4) is 0 Å². The second-order valence-electron chi connectivity index (χ2n) is 6.61. The van der Waals surface area contributed by atoms with Crippen molar-refractivity contribution in [2.45, 2.75) is 12.8 Å². The molecule has 4 nitrogen and oxygen atoms in total. The van der Waals surface area contributed by atoms with E-state index in [-0.39, 0.29) is 5.91 Å². The van der Waals surface area contributed by atoms with E-state index < -0.39 is 0 Å². The van der Waals surface area contributed by atoms with E-state index in [0.29, 0.717) is 10.7 Å². The molecule has 0 bridgehead atoms. The number of benzodiazepines with no additional fused rings is 1. The molecule has 1 fully saturated rings. The van der Waals surface area contributed by atoms with Crippen LogP contribution in [0.4, 0.5) is 5.69 Å². The Hall–Kier alpha value is -2.59. The summed E-state index contributed by atoms with van der Waals surface area (Å²) in [4.78, 5) is 21.7. The quantitative estimate of drug-likeness (QED) is 0.751. The monoisotopic (exact) mass is 365 g/mol. The first kappa shape index (κ1) is 16.9. The molecule has 0 N–H and O–H groups in total. The molecular formula is C21H20ClN3O. The fourth-order valence-corrected chi connectivity index (χ4v) is 3.62. The number of fused-ring (bicyclic) bond motifs is 1. The van der Waals surface area contributed by atoms with E-state index in [1.807, 2.05) is 54.7 Å². The zero-order valence-electron chi connectivity index (χ0n) is 14.7. The zero-order chi connectivity index (χ0) is 18.1. The highest BCUT2D eigenvalue weighted by molar-refractivity contribution is 6.32. The maximum atomic E-state index is 13.0. The molecule has 26 heavy (non-hydrogen) atoms. The highest BCUT2D eigenvalue weighted by atomic mass is 35.5. The molecule has 0 aromatic heterocycles. The van der Waals surface area contributed by atoms with Crippen LogP contribution in [0.5, 0.6) is 0 Å². The van der Waals surface area contributed by atoms with Gasteiger partial charge in [0.15, 0.2) is 0 Å². The average Bonchev–Trinajstić information content (AvgIpc) is 3.14. The number of benzene rings is 2. The molecule has 5 heteroatoms. The number of aliphatic imine (C=N–C) groups is 1. The van der Waals surface area contributed by atoms with E-state index in [4.69, 9.17) is 16.6 Å². The Morgan fingerprint density at radius 2 is 1.81 bits per heavy atom. The topological polar surface area (TPSA) is 35.9 Å². The molecule has 0 atom stereocenters. The van der Waals surface area contributed by atoms with Crippen molar-refractivity contribution in [3.63, 3.8) is 0 Å². The molecule has 2 aromatic rings. The normalized spacial score (nSPS) is 18.8.